The summed E-state index contributed by atoms with van der Waals surface area (Å²) in [5, 5.41) is 0.543. The standard InChI is InChI=1S/C40H46Br2N2O4S4/c1-27-13-19-31(23-47-35(45)37(3,4)41)39(51-27,33-11-7-9-21-43-33)49-25-29-15-17-30(18-16-29)26-50-40(34-12-8-10-22-44-34)32(20-14-28(2)52-40)24-48-36(46)38(5,6)42/h7-22,27-28,31-32H,23-26H2,1-6H3. The van der Waals surface area contributed by atoms with E-state index in [4.69, 9.17) is 19.4 Å². The summed E-state index contributed by atoms with van der Waals surface area (Å²) in [6.45, 7) is 12.1. The Morgan fingerprint density at radius 2 is 1.06 bits per heavy atom. The normalized spacial score (nSPS) is 26.2. The third kappa shape index (κ3) is 10.3. The zero-order valence-corrected chi connectivity index (χ0v) is 36.7. The summed E-state index contributed by atoms with van der Waals surface area (Å²) in [4.78, 5) is 35.2. The minimum absolute atomic E-state index is 0.0666. The molecule has 6 unspecified atom stereocenters. The molecule has 0 saturated heterocycles. The predicted octanol–water partition coefficient (Wildman–Crippen LogP) is 10.7. The van der Waals surface area contributed by atoms with Crippen LogP contribution in [0.3, 0.4) is 0 Å². The number of hydrogen-bond donors (Lipinski definition) is 0. The first-order chi connectivity index (χ1) is 24.6. The number of rotatable bonds is 14. The van der Waals surface area contributed by atoms with E-state index in [1.807, 2.05) is 83.7 Å². The first-order valence-corrected chi connectivity index (χ1v) is 22.6. The van der Waals surface area contributed by atoms with Crippen molar-refractivity contribution in [2.24, 2.45) is 11.8 Å². The summed E-state index contributed by atoms with van der Waals surface area (Å²) < 4.78 is 9.33. The maximum Gasteiger partial charge on any atom is 0.322 e. The summed E-state index contributed by atoms with van der Waals surface area (Å²) in [6.07, 6.45) is 12.5. The largest absolute Gasteiger partial charge is 0.464 e. The van der Waals surface area contributed by atoms with Gasteiger partial charge in [-0.05, 0) is 76.9 Å². The summed E-state index contributed by atoms with van der Waals surface area (Å²) in [5.41, 5.74) is 4.36. The van der Waals surface area contributed by atoms with Gasteiger partial charge >= 0.3 is 11.9 Å². The van der Waals surface area contributed by atoms with E-state index in [1.54, 1.807) is 27.7 Å². The Bertz CT molecular complexity index is 1590. The zero-order valence-electron chi connectivity index (χ0n) is 30.3. The van der Waals surface area contributed by atoms with Crippen molar-refractivity contribution in [3.8, 4) is 0 Å². The molecule has 2 aromatic heterocycles. The number of hydrogen-bond acceptors (Lipinski definition) is 10. The molecule has 1 aromatic carbocycles. The second-order valence-corrected chi connectivity index (χ2v) is 24.1. The van der Waals surface area contributed by atoms with Crippen LogP contribution in [0, 0.1) is 11.8 Å². The van der Waals surface area contributed by atoms with Crippen LogP contribution in [0.25, 0.3) is 0 Å². The van der Waals surface area contributed by atoms with E-state index >= 15 is 0 Å². The van der Waals surface area contributed by atoms with Gasteiger partial charge in [-0.15, -0.1) is 47.0 Å². The number of halogens is 2. The lowest BCUT2D eigenvalue weighted by Crippen LogP contribution is -2.38. The van der Waals surface area contributed by atoms with Gasteiger partial charge in [-0.2, -0.15) is 0 Å². The van der Waals surface area contributed by atoms with Crippen LogP contribution < -0.4 is 0 Å². The number of carbonyl (C=O) groups excluding carboxylic acids is 2. The summed E-state index contributed by atoms with van der Waals surface area (Å²) in [7, 11) is 0. The number of aromatic nitrogens is 2. The first-order valence-electron chi connectivity index (χ1n) is 17.3. The lowest BCUT2D eigenvalue weighted by molar-refractivity contribution is -0.147. The maximum atomic E-state index is 12.8. The molecule has 0 saturated carbocycles. The van der Waals surface area contributed by atoms with Crippen molar-refractivity contribution in [2.45, 2.75) is 80.4 Å². The molecule has 0 radical (unpaired) electrons. The van der Waals surface area contributed by atoms with Crippen molar-refractivity contribution in [2.75, 3.05) is 13.2 Å². The zero-order chi connectivity index (χ0) is 37.6. The molecule has 4 heterocycles. The molecule has 0 bridgehead atoms. The Morgan fingerprint density at radius 1 is 0.673 bits per heavy atom. The van der Waals surface area contributed by atoms with Crippen LogP contribution in [-0.4, -0.2) is 54.3 Å². The molecular formula is C40H46Br2N2O4S4. The predicted molar refractivity (Wildman–Crippen MR) is 228 cm³/mol. The Morgan fingerprint density at radius 3 is 1.38 bits per heavy atom. The van der Waals surface area contributed by atoms with Crippen molar-refractivity contribution in [1.82, 2.24) is 9.97 Å². The minimum Gasteiger partial charge on any atom is -0.464 e. The van der Waals surface area contributed by atoms with Gasteiger partial charge in [0, 0.05) is 46.2 Å². The molecule has 5 rings (SSSR count). The van der Waals surface area contributed by atoms with Crippen LogP contribution in [0.15, 0.2) is 97.4 Å². The van der Waals surface area contributed by atoms with Crippen molar-refractivity contribution in [1.29, 1.82) is 0 Å². The third-order valence-corrected chi connectivity index (χ3v) is 16.2. The van der Waals surface area contributed by atoms with E-state index in [-0.39, 0.29) is 47.5 Å². The lowest BCUT2D eigenvalue weighted by atomic mass is 10.00. The van der Waals surface area contributed by atoms with Gasteiger partial charge in [0.1, 0.15) is 30.0 Å². The molecule has 2 aliphatic rings. The molecule has 6 nitrogen and oxygen atoms in total. The molecule has 52 heavy (non-hydrogen) atoms. The minimum atomic E-state index is -0.757. The Balaban J connectivity index is 1.34. The molecule has 0 aliphatic carbocycles. The average molecular weight is 907 g/mol. The fraction of sp³-hybridized carbons (Fsp3) is 0.450. The molecule has 0 fully saturated rings. The number of esters is 2. The highest BCUT2D eigenvalue weighted by atomic mass is 79.9. The number of pyridine rings is 2. The summed E-state index contributed by atoms with van der Waals surface area (Å²) in [5.74, 6) is 0.829. The summed E-state index contributed by atoms with van der Waals surface area (Å²) in [6, 6.07) is 21.0. The van der Waals surface area contributed by atoms with E-state index < -0.39 is 16.8 Å². The molecule has 0 amide bonds. The molecule has 6 atom stereocenters. The highest BCUT2D eigenvalue weighted by Gasteiger charge is 2.47. The Labute approximate surface area is 342 Å². The van der Waals surface area contributed by atoms with E-state index in [0.717, 1.165) is 22.9 Å². The molecule has 0 N–H and O–H groups in total. The van der Waals surface area contributed by atoms with Gasteiger partial charge in [-0.1, -0.05) is 92.6 Å². The topological polar surface area (TPSA) is 78.4 Å². The third-order valence-electron chi connectivity index (χ3n) is 8.66. The van der Waals surface area contributed by atoms with Gasteiger partial charge in [-0.25, -0.2) is 0 Å². The smallest absolute Gasteiger partial charge is 0.322 e. The van der Waals surface area contributed by atoms with Crippen molar-refractivity contribution >= 4 is 90.8 Å². The number of carbonyl (C=O) groups is 2. The van der Waals surface area contributed by atoms with Crippen LogP contribution in [0.1, 0.15) is 64.1 Å². The highest BCUT2D eigenvalue weighted by Crippen LogP contribution is 2.58. The fourth-order valence-corrected chi connectivity index (χ4v) is 12.8. The van der Waals surface area contributed by atoms with E-state index in [2.05, 4.69) is 106 Å². The van der Waals surface area contributed by atoms with Gasteiger partial charge in [0.25, 0.3) is 0 Å². The number of benzene rings is 1. The van der Waals surface area contributed by atoms with Crippen LogP contribution in [-0.2, 0) is 38.7 Å². The molecular weight excluding hydrogens is 861 g/mol. The number of ether oxygens (including phenoxy) is 2. The highest BCUT2D eigenvalue weighted by molar-refractivity contribution is 9.10. The van der Waals surface area contributed by atoms with Crippen LogP contribution in [0.2, 0.25) is 0 Å². The Kier molecular flexibility index (Phi) is 14.2. The van der Waals surface area contributed by atoms with Gasteiger partial charge in [0.05, 0.1) is 11.4 Å². The van der Waals surface area contributed by atoms with Gasteiger partial charge in [-0.3, -0.25) is 19.6 Å². The molecule has 278 valence electrons. The second-order valence-electron chi connectivity index (χ2n) is 13.9. The van der Waals surface area contributed by atoms with Gasteiger partial charge in [0.2, 0.25) is 0 Å². The van der Waals surface area contributed by atoms with E-state index in [9.17, 15) is 9.59 Å². The number of thioether (sulfide) groups is 4. The molecule has 12 heteroatoms. The van der Waals surface area contributed by atoms with Crippen LogP contribution >= 0.6 is 78.9 Å². The maximum absolute atomic E-state index is 12.8. The molecule has 3 aromatic rings. The molecule has 0 spiro atoms. The fourth-order valence-electron chi connectivity index (χ4n) is 5.83. The van der Waals surface area contributed by atoms with Crippen molar-refractivity contribution < 1.29 is 19.1 Å². The second kappa shape index (κ2) is 17.8. The monoisotopic (exact) mass is 904 g/mol. The van der Waals surface area contributed by atoms with Gasteiger partial charge < -0.3 is 9.47 Å². The Hall–Kier alpha value is -1.70. The van der Waals surface area contributed by atoms with E-state index in [0.29, 0.717) is 0 Å². The quantitative estimate of drug-likeness (QED) is 0.0887. The van der Waals surface area contributed by atoms with Crippen LogP contribution in [0.5, 0.6) is 0 Å². The van der Waals surface area contributed by atoms with Crippen molar-refractivity contribution in [3.05, 3.63) is 120 Å². The lowest BCUT2D eigenvalue weighted by Gasteiger charge is -2.42. The van der Waals surface area contributed by atoms with E-state index in [1.165, 1.54) is 11.1 Å². The summed E-state index contributed by atoms with van der Waals surface area (Å²) >= 11 is 14.3. The average Bonchev–Trinajstić information content (AvgIpc) is 3.12. The number of nitrogens with zero attached hydrogens (tertiary/aromatic N) is 2. The van der Waals surface area contributed by atoms with Crippen molar-refractivity contribution in [3.63, 3.8) is 0 Å². The first kappa shape index (κ1) is 41.5. The van der Waals surface area contributed by atoms with Crippen LogP contribution in [0.4, 0.5) is 0 Å². The van der Waals surface area contributed by atoms with Gasteiger partial charge in [0.15, 0.2) is 0 Å². The number of alkyl halides is 2. The SMILES string of the molecule is CC1C=CC(COC(=O)C(C)(C)Br)C(SCc2ccc(CSC3(c4ccccn4)SC(C)C=CC3COC(=O)C(C)(C)Br)cc2)(c2ccccn2)S1. The molecule has 2 aliphatic heterocycles.